The molecule has 100 valence electrons. The van der Waals surface area contributed by atoms with Gasteiger partial charge in [0.1, 0.15) is 5.75 Å². The third kappa shape index (κ3) is 3.55. The highest BCUT2D eigenvalue weighted by Crippen LogP contribution is 2.26. The van der Waals surface area contributed by atoms with Crippen molar-refractivity contribution in [1.29, 1.82) is 0 Å². The molecule has 1 aromatic carbocycles. The Hall–Kier alpha value is -1.39. The van der Waals surface area contributed by atoms with Gasteiger partial charge in [-0.25, -0.2) is 0 Å². The maximum atomic E-state index is 6.24. The van der Waals surface area contributed by atoms with Crippen molar-refractivity contribution in [3.63, 3.8) is 0 Å². The van der Waals surface area contributed by atoms with Crippen LogP contribution < -0.4 is 10.5 Å². The standard InChI is InChI=1S/C15H17BrN2O/c1-10-3-4-11(9-18-10)14(17)8-12-7-13(16)5-6-15(12)19-2/h3-7,9,14H,8,17H2,1-2H3. The molecule has 0 amide bonds. The zero-order chi connectivity index (χ0) is 13.8. The molecule has 1 heterocycles. The number of rotatable bonds is 4. The molecule has 0 saturated carbocycles. The van der Waals surface area contributed by atoms with Crippen LogP contribution in [0.25, 0.3) is 0 Å². The molecule has 1 atom stereocenters. The van der Waals surface area contributed by atoms with Crippen LogP contribution in [0.4, 0.5) is 0 Å². The van der Waals surface area contributed by atoms with Crippen LogP contribution in [-0.4, -0.2) is 12.1 Å². The smallest absolute Gasteiger partial charge is 0.122 e. The summed E-state index contributed by atoms with van der Waals surface area (Å²) in [6.45, 7) is 1.96. The second-order valence-corrected chi connectivity index (χ2v) is 5.42. The molecule has 2 aromatic rings. The zero-order valence-electron chi connectivity index (χ0n) is 11.1. The highest BCUT2D eigenvalue weighted by molar-refractivity contribution is 9.10. The predicted octanol–water partition coefficient (Wildman–Crippen LogP) is 3.40. The highest BCUT2D eigenvalue weighted by Gasteiger charge is 2.11. The fraction of sp³-hybridized carbons (Fsp3) is 0.267. The van der Waals surface area contributed by atoms with Crippen LogP contribution in [0.2, 0.25) is 0 Å². The monoisotopic (exact) mass is 320 g/mol. The van der Waals surface area contributed by atoms with Crippen molar-refractivity contribution in [3.05, 3.63) is 57.8 Å². The predicted molar refractivity (Wildman–Crippen MR) is 80.3 cm³/mol. The molecule has 0 aliphatic heterocycles. The van der Waals surface area contributed by atoms with Gasteiger partial charge < -0.3 is 10.5 Å². The Kier molecular flexibility index (Phi) is 4.56. The lowest BCUT2D eigenvalue weighted by molar-refractivity contribution is 0.408. The van der Waals surface area contributed by atoms with Gasteiger partial charge in [-0.15, -0.1) is 0 Å². The van der Waals surface area contributed by atoms with E-state index in [1.807, 2.05) is 43.5 Å². The van der Waals surface area contributed by atoms with E-state index in [4.69, 9.17) is 10.5 Å². The molecule has 2 N–H and O–H groups in total. The molecule has 0 spiro atoms. The normalized spacial score (nSPS) is 12.2. The van der Waals surface area contributed by atoms with Crippen LogP contribution in [0.15, 0.2) is 41.0 Å². The molecule has 2 rings (SSSR count). The molecule has 1 unspecified atom stereocenters. The molecular weight excluding hydrogens is 304 g/mol. The van der Waals surface area contributed by atoms with Crippen LogP contribution in [0.5, 0.6) is 5.75 Å². The van der Waals surface area contributed by atoms with Gasteiger partial charge in [0.15, 0.2) is 0 Å². The van der Waals surface area contributed by atoms with Gasteiger partial charge in [0.2, 0.25) is 0 Å². The summed E-state index contributed by atoms with van der Waals surface area (Å²) in [6.07, 6.45) is 2.55. The van der Waals surface area contributed by atoms with E-state index < -0.39 is 0 Å². The Bertz CT molecular complexity index is 555. The first-order chi connectivity index (χ1) is 9.10. The van der Waals surface area contributed by atoms with Crippen LogP contribution >= 0.6 is 15.9 Å². The molecule has 0 bridgehead atoms. The number of aryl methyl sites for hydroxylation is 1. The average Bonchev–Trinajstić information content (AvgIpc) is 2.39. The van der Waals surface area contributed by atoms with Crippen molar-refractivity contribution >= 4 is 15.9 Å². The first-order valence-corrected chi connectivity index (χ1v) is 6.90. The second-order valence-electron chi connectivity index (χ2n) is 4.50. The van der Waals surface area contributed by atoms with Gasteiger partial charge in [0, 0.05) is 22.4 Å². The Morgan fingerprint density at radius 2 is 2.11 bits per heavy atom. The van der Waals surface area contributed by atoms with Crippen LogP contribution in [0.3, 0.4) is 0 Å². The minimum absolute atomic E-state index is 0.0868. The van der Waals surface area contributed by atoms with E-state index in [0.717, 1.165) is 27.0 Å². The molecule has 3 nitrogen and oxygen atoms in total. The lowest BCUT2D eigenvalue weighted by Crippen LogP contribution is -2.14. The van der Waals surface area contributed by atoms with E-state index in [0.29, 0.717) is 6.42 Å². The molecular formula is C15H17BrN2O. The van der Waals surface area contributed by atoms with Crippen molar-refractivity contribution < 1.29 is 4.74 Å². The second kappa shape index (κ2) is 6.17. The Labute approximate surface area is 121 Å². The molecule has 0 aliphatic rings. The van der Waals surface area contributed by atoms with E-state index in [1.165, 1.54) is 0 Å². The minimum atomic E-state index is -0.0868. The largest absolute Gasteiger partial charge is 0.496 e. The van der Waals surface area contributed by atoms with Crippen molar-refractivity contribution in [1.82, 2.24) is 4.98 Å². The molecule has 0 radical (unpaired) electrons. The number of nitrogens with two attached hydrogens (primary N) is 1. The van der Waals surface area contributed by atoms with Gasteiger partial charge in [0.25, 0.3) is 0 Å². The first kappa shape index (κ1) is 14.0. The van der Waals surface area contributed by atoms with E-state index in [-0.39, 0.29) is 6.04 Å². The quantitative estimate of drug-likeness (QED) is 0.939. The molecule has 0 fully saturated rings. The lowest BCUT2D eigenvalue weighted by atomic mass is 10.0. The Balaban J connectivity index is 2.20. The van der Waals surface area contributed by atoms with Gasteiger partial charge >= 0.3 is 0 Å². The molecule has 0 saturated heterocycles. The third-order valence-electron chi connectivity index (χ3n) is 3.04. The van der Waals surface area contributed by atoms with Gasteiger partial charge in [-0.1, -0.05) is 22.0 Å². The van der Waals surface area contributed by atoms with Crippen molar-refractivity contribution in [3.8, 4) is 5.75 Å². The van der Waals surface area contributed by atoms with Gasteiger partial charge in [-0.2, -0.15) is 0 Å². The van der Waals surface area contributed by atoms with Crippen LogP contribution in [-0.2, 0) is 6.42 Å². The number of methoxy groups -OCH3 is 1. The summed E-state index contributed by atoms with van der Waals surface area (Å²) in [7, 11) is 1.67. The number of hydrogen-bond acceptors (Lipinski definition) is 3. The number of nitrogens with zero attached hydrogens (tertiary/aromatic N) is 1. The van der Waals surface area contributed by atoms with Crippen molar-refractivity contribution in [2.75, 3.05) is 7.11 Å². The Morgan fingerprint density at radius 3 is 2.74 bits per heavy atom. The summed E-state index contributed by atoms with van der Waals surface area (Å²) in [5, 5.41) is 0. The minimum Gasteiger partial charge on any atom is -0.496 e. The number of halogens is 1. The summed E-state index contributed by atoms with van der Waals surface area (Å²) in [6, 6.07) is 9.86. The van der Waals surface area contributed by atoms with Crippen molar-refractivity contribution in [2.45, 2.75) is 19.4 Å². The van der Waals surface area contributed by atoms with E-state index in [1.54, 1.807) is 7.11 Å². The Morgan fingerprint density at radius 1 is 1.32 bits per heavy atom. The molecule has 1 aromatic heterocycles. The van der Waals surface area contributed by atoms with Gasteiger partial charge in [-0.3, -0.25) is 4.98 Å². The summed E-state index contributed by atoms with van der Waals surface area (Å²) in [4.78, 5) is 4.28. The van der Waals surface area contributed by atoms with E-state index >= 15 is 0 Å². The van der Waals surface area contributed by atoms with Crippen LogP contribution in [0.1, 0.15) is 22.9 Å². The number of ether oxygens (including phenoxy) is 1. The molecule has 4 heteroatoms. The summed E-state index contributed by atoms with van der Waals surface area (Å²) in [5.74, 6) is 0.860. The average molecular weight is 321 g/mol. The van der Waals surface area contributed by atoms with Gasteiger partial charge in [0.05, 0.1) is 7.11 Å². The van der Waals surface area contributed by atoms with E-state index in [2.05, 4.69) is 20.9 Å². The number of pyridine rings is 1. The van der Waals surface area contributed by atoms with Crippen molar-refractivity contribution in [2.24, 2.45) is 5.73 Å². The molecule has 19 heavy (non-hydrogen) atoms. The highest BCUT2D eigenvalue weighted by atomic mass is 79.9. The SMILES string of the molecule is COc1ccc(Br)cc1CC(N)c1ccc(C)nc1. The summed E-state index contributed by atoms with van der Waals surface area (Å²) >= 11 is 3.47. The fourth-order valence-corrected chi connectivity index (χ4v) is 2.37. The number of benzene rings is 1. The number of hydrogen-bond donors (Lipinski definition) is 1. The summed E-state index contributed by atoms with van der Waals surface area (Å²) in [5.41, 5.74) is 9.36. The topological polar surface area (TPSA) is 48.1 Å². The van der Waals surface area contributed by atoms with Gasteiger partial charge in [-0.05, 0) is 48.7 Å². The number of aromatic nitrogens is 1. The first-order valence-electron chi connectivity index (χ1n) is 6.10. The lowest BCUT2D eigenvalue weighted by Gasteiger charge is -2.15. The van der Waals surface area contributed by atoms with Crippen LogP contribution in [0, 0.1) is 6.92 Å². The third-order valence-corrected chi connectivity index (χ3v) is 3.54. The maximum absolute atomic E-state index is 6.24. The summed E-state index contributed by atoms with van der Waals surface area (Å²) < 4.78 is 6.39. The fourth-order valence-electron chi connectivity index (χ4n) is 1.96. The maximum Gasteiger partial charge on any atom is 0.122 e. The zero-order valence-corrected chi connectivity index (χ0v) is 12.6. The molecule has 0 aliphatic carbocycles. The van der Waals surface area contributed by atoms with E-state index in [9.17, 15) is 0 Å².